The minimum Gasteiger partial charge on any atom is -0.307 e. The molecule has 5 heteroatoms. The van der Waals surface area contributed by atoms with Crippen molar-refractivity contribution in [3.8, 4) is 0 Å². The number of hydrogen-bond acceptors (Lipinski definition) is 3. The molecule has 1 aliphatic rings. The van der Waals surface area contributed by atoms with Gasteiger partial charge >= 0.3 is 0 Å². The molecule has 0 saturated carbocycles. The molecule has 1 aliphatic heterocycles. The van der Waals surface area contributed by atoms with E-state index in [1.807, 2.05) is 0 Å². The monoisotopic (exact) mass is 277 g/mol. The summed E-state index contributed by atoms with van der Waals surface area (Å²) >= 11 is 0. The number of benzene rings is 1. The molecule has 2 rings (SSSR count). The Balaban J connectivity index is 2.54. The molecule has 100 valence electrons. The lowest BCUT2D eigenvalue weighted by Gasteiger charge is -2.28. The van der Waals surface area contributed by atoms with Crippen molar-refractivity contribution in [2.75, 3.05) is 17.2 Å². The van der Waals surface area contributed by atoms with Gasteiger partial charge in [0.15, 0.2) is 5.78 Å². The van der Waals surface area contributed by atoms with E-state index in [0.717, 1.165) is 0 Å². The maximum Gasteiger partial charge on any atom is 0.240 e. The number of carbonyl (C=O) groups is 2. The summed E-state index contributed by atoms with van der Waals surface area (Å²) in [6.45, 7) is 5.76. The number of fused-ring (bicyclic) bond motifs is 1. The van der Waals surface area contributed by atoms with Crippen LogP contribution in [0.15, 0.2) is 35.7 Å². The molecule has 0 aromatic heterocycles. The molecule has 1 atom stereocenters. The van der Waals surface area contributed by atoms with Crippen LogP contribution >= 0.6 is 0 Å². The molecule has 19 heavy (non-hydrogen) atoms. The first-order valence-electron chi connectivity index (χ1n) is 6.05. The average Bonchev–Trinajstić information content (AvgIpc) is 2.42. The summed E-state index contributed by atoms with van der Waals surface area (Å²) in [6.07, 6.45) is 2.02. The molecular formula is C14H15NO3S. The van der Waals surface area contributed by atoms with Gasteiger partial charge in [0.25, 0.3) is 0 Å². The minimum absolute atomic E-state index is 0.00478. The molecule has 1 aromatic carbocycles. The predicted octanol–water partition coefficient (Wildman–Crippen LogP) is 1.92. The molecule has 4 nitrogen and oxygen atoms in total. The molecule has 0 radical (unpaired) electrons. The highest BCUT2D eigenvalue weighted by molar-refractivity contribution is 7.86. The summed E-state index contributed by atoms with van der Waals surface area (Å²) in [5.74, 6) is -0.209. The van der Waals surface area contributed by atoms with E-state index in [-0.39, 0.29) is 17.4 Å². The maximum atomic E-state index is 11.9. The van der Waals surface area contributed by atoms with E-state index in [1.54, 1.807) is 31.2 Å². The summed E-state index contributed by atoms with van der Waals surface area (Å²) in [6, 6.07) is 5.00. The Morgan fingerprint density at radius 3 is 2.89 bits per heavy atom. The van der Waals surface area contributed by atoms with Gasteiger partial charge in [-0.1, -0.05) is 19.1 Å². The van der Waals surface area contributed by atoms with E-state index in [1.165, 1.54) is 4.90 Å². The third kappa shape index (κ3) is 2.51. The predicted molar refractivity (Wildman–Crippen MR) is 74.9 cm³/mol. The second kappa shape index (κ2) is 5.48. The first-order valence-corrected chi connectivity index (χ1v) is 7.37. The van der Waals surface area contributed by atoms with E-state index < -0.39 is 10.8 Å². The SMILES string of the molecule is C=CCN1C(=O)CS(=O)c2ccc(C(=O)CC)cc21. The molecule has 0 bridgehead atoms. The lowest BCUT2D eigenvalue weighted by molar-refractivity contribution is -0.116. The highest BCUT2D eigenvalue weighted by Gasteiger charge is 2.28. The van der Waals surface area contributed by atoms with Crippen molar-refractivity contribution < 1.29 is 13.8 Å². The molecule has 0 N–H and O–H groups in total. The van der Waals surface area contributed by atoms with Crippen LogP contribution in [-0.4, -0.2) is 28.2 Å². The average molecular weight is 277 g/mol. The summed E-state index contributed by atoms with van der Waals surface area (Å²) in [5, 5.41) is 0. The van der Waals surface area contributed by atoms with Crippen LogP contribution in [0.2, 0.25) is 0 Å². The molecule has 1 aromatic rings. The lowest BCUT2D eigenvalue weighted by atomic mass is 10.1. The van der Waals surface area contributed by atoms with Gasteiger partial charge in [0.05, 0.1) is 21.4 Å². The van der Waals surface area contributed by atoms with Crippen molar-refractivity contribution >= 4 is 28.2 Å². The Kier molecular flexibility index (Phi) is 3.95. The second-order valence-corrected chi connectivity index (χ2v) is 5.66. The zero-order valence-electron chi connectivity index (χ0n) is 10.7. The van der Waals surface area contributed by atoms with Crippen LogP contribution in [0.25, 0.3) is 0 Å². The zero-order valence-corrected chi connectivity index (χ0v) is 11.5. The van der Waals surface area contributed by atoms with Crippen molar-refractivity contribution in [1.29, 1.82) is 0 Å². The largest absolute Gasteiger partial charge is 0.307 e. The van der Waals surface area contributed by atoms with Crippen LogP contribution in [0.4, 0.5) is 5.69 Å². The summed E-state index contributed by atoms with van der Waals surface area (Å²) in [7, 11) is -1.33. The topological polar surface area (TPSA) is 54.5 Å². The first-order chi connectivity index (χ1) is 9.08. The third-order valence-corrected chi connectivity index (χ3v) is 4.35. The van der Waals surface area contributed by atoms with Crippen molar-refractivity contribution in [3.05, 3.63) is 36.4 Å². The van der Waals surface area contributed by atoms with Crippen LogP contribution in [-0.2, 0) is 15.6 Å². The van der Waals surface area contributed by atoms with E-state index in [4.69, 9.17) is 0 Å². The van der Waals surface area contributed by atoms with Crippen molar-refractivity contribution in [2.24, 2.45) is 0 Å². The van der Waals surface area contributed by atoms with Crippen LogP contribution in [0.5, 0.6) is 0 Å². The van der Waals surface area contributed by atoms with Gasteiger partial charge in [-0.2, -0.15) is 0 Å². The molecule has 0 aliphatic carbocycles. The fourth-order valence-corrected chi connectivity index (χ4v) is 3.19. The molecule has 0 fully saturated rings. The number of nitrogens with zero attached hydrogens (tertiary/aromatic N) is 1. The fraction of sp³-hybridized carbons (Fsp3) is 0.286. The lowest BCUT2D eigenvalue weighted by Crippen LogP contribution is -2.39. The van der Waals surface area contributed by atoms with E-state index in [9.17, 15) is 13.8 Å². The normalized spacial score (nSPS) is 18.1. The summed E-state index contributed by atoms with van der Waals surface area (Å²) < 4.78 is 11.9. The number of anilines is 1. The molecule has 0 saturated heterocycles. The summed E-state index contributed by atoms with van der Waals surface area (Å²) in [4.78, 5) is 25.8. The zero-order chi connectivity index (χ0) is 14.0. The Labute approximate surface area is 114 Å². The van der Waals surface area contributed by atoms with Crippen LogP contribution in [0.3, 0.4) is 0 Å². The van der Waals surface area contributed by atoms with E-state index >= 15 is 0 Å². The van der Waals surface area contributed by atoms with Crippen molar-refractivity contribution in [2.45, 2.75) is 18.2 Å². The Hall–Kier alpha value is -1.75. The second-order valence-electron chi connectivity index (χ2n) is 4.24. The maximum absolute atomic E-state index is 11.9. The Bertz CT molecular complexity index is 580. The van der Waals surface area contributed by atoms with Gasteiger partial charge < -0.3 is 4.90 Å². The van der Waals surface area contributed by atoms with Crippen molar-refractivity contribution in [3.63, 3.8) is 0 Å². The molecular weight excluding hydrogens is 262 g/mol. The Morgan fingerprint density at radius 1 is 1.53 bits per heavy atom. The van der Waals surface area contributed by atoms with Gasteiger partial charge in [0, 0.05) is 18.5 Å². The van der Waals surface area contributed by atoms with Crippen LogP contribution in [0.1, 0.15) is 23.7 Å². The number of amides is 1. The van der Waals surface area contributed by atoms with Crippen molar-refractivity contribution in [1.82, 2.24) is 0 Å². The highest BCUT2D eigenvalue weighted by atomic mass is 32.2. The molecule has 1 heterocycles. The van der Waals surface area contributed by atoms with Gasteiger partial charge in [0.2, 0.25) is 5.91 Å². The molecule has 0 spiro atoms. The molecule has 1 amide bonds. The van der Waals surface area contributed by atoms with E-state index in [0.29, 0.717) is 29.1 Å². The first kappa shape index (κ1) is 13.7. The Morgan fingerprint density at radius 2 is 2.26 bits per heavy atom. The quantitative estimate of drug-likeness (QED) is 0.624. The fourth-order valence-electron chi connectivity index (χ4n) is 2.03. The summed E-state index contributed by atoms with van der Waals surface area (Å²) in [5.41, 5.74) is 1.11. The van der Waals surface area contributed by atoms with Gasteiger partial charge in [-0.3, -0.25) is 13.8 Å². The van der Waals surface area contributed by atoms with Crippen LogP contribution < -0.4 is 4.90 Å². The van der Waals surface area contributed by atoms with Crippen LogP contribution in [0, 0.1) is 0 Å². The molecule has 1 unspecified atom stereocenters. The number of rotatable bonds is 4. The minimum atomic E-state index is -1.33. The number of Topliss-reactive ketones (excluding diaryl/α,β-unsaturated/α-hetero) is 1. The van der Waals surface area contributed by atoms with E-state index in [2.05, 4.69) is 6.58 Å². The third-order valence-electron chi connectivity index (χ3n) is 3.01. The smallest absolute Gasteiger partial charge is 0.240 e. The number of hydrogen-bond donors (Lipinski definition) is 0. The van der Waals surface area contributed by atoms with Gasteiger partial charge in [0.1, 0.15) is 5.75 Å². The number of ketones is 1. The van der Waals surface area contributed by atoms with Gasteiger partial charge in [-0.25, -0.2) is 0 Å². The standard InChI is InChI=1S/C14H15NO3S/c1-3-7-15-11-8-10(12(16)4-2)5-6-13(11)19(18)9-14(15)17/h3,5-6,8H,1,4,7,9H2,2H3. The van der Waals surface area contributed by atoms with Gasteiger partial charge in [-0.05, 0) is 12.1 Å². The highest BCUT2D eigenvalue weighted by Crippen LogP contribution is 2.30. The number of carbonyl (C=O) groups excluding carboxylic acids is 2. The van der Waals surface area contributed by atoms with Gasteiger partial charge in [-0.15, -0.1) is 6.58 Å².